The summed E-state index contributed by atoms with van der Waals surface area (Å²) in [6, 6.07) is 4.50. The summed E-state index contributed by atoms with van der Waals surface area (Å²) in [5.41, 5.74) is -1.39. The maximum absolute atomic E-state index is 12.8. The fraction of sp³-hybridized carbons (Fsp3) is 0.400. The largest absolute Gasteiger partial charge is 0.456 e. The van der Waals surface area contributed by atoms with E-state index < -0.39 is 35.9 Å². The molecule has 0 aromatic heterocycles. The van der Waals surface area contributed by atoms with Gasteiger partial charge in [0, 0.05) is 18.8 Å². The highest BCUT2D eigenvalue weighted by Crippen LogP contribution is 2.34. The SMILES string of the molecule is O=C(COC(=O)CCN1CCSC1=O)Nc1ccccc1C(F)(F)F. The van der Waals surface area contributed by atoms with E-state index in [2.05, 4.69) is 5.32 Å². The Morgan fingerprint density at radius 1 is 1.28 bits per heavy atom. The normalized spacial score (nSPS) is 14.5. The Morgan fingerprint density at radius 2 is 2.00 bits per heavy atom. The van der Waals surface area contributed by atoms with Gasteiger partial charge in [-0.25, -0.2) is 0 Å². The van der Waals surface area contributed by atoms with Crippen LogP contribution in [0.15, 0.2) is 24.3 Å². The Kier molecular flexibility index (Phi) is 6.29. The number of hydrogen-bond acceptors (Lipinski definition) is 5. The number of nitrogens with one attached hydrogen (secondary N) is 1. The number of carbonyl (C=O) groups is 3. The highest BCUT2D eigenvalue weighted by Gasteiger charge is 2.33. The predicted molar refractivity (Wildman–Crippen MR) is 85.1 cm³/mol. The number of alkyl halides is 3. The molecule has 10 heteroatoms. The molecule has 1 heterocycles. The molecule has 1 aromatic carbocycles. The van der Waals surface area contributed by atoms with Gasteiger partial charge in [0.2, 0.25) is 0 Å². The Bertz CT molecular complexity index is 666. The van der Waals surface area contributed by atoms with Gasteiger partial charge < -0.3 is 15.0 Å². The lowest BCUT2D eigenvalue weighted by Gasteiger charge is -2.14. The second-order valence-electron chi connectivity index (χ2n) is 5.10. The summed E-state index contributed by atoms with van der Waals surface area (Å²) in [5, 5.41) is 1.96. The molecular weight excluding hydrogens is 361 g/mol. The second kappa shape index (κ2) is 8.24. The van der Waals surface area contributed by atoms with Gasteiger partial charge in [0.25, 0.3) is 11.1 Å². The number of para-hydroxylation sites is 1. The molecule has 25 heavy (non-hydrogen) atoms. The lowest BCUT2D eigenvalue weighted by molar-refractivity contribution is -0.147. The maximum Gasteiger partial charge on any atom is 0.418 e. The Morgan fingerprint density at radius 3 is 2.64 bits per heavy atom. The van der Waals surface area contributed by atoms with Crippen molar-refractivity contribution in [3.8, 4) is 0 Å². The molecule has 1 saturated heterocycles. The Hall–Kier alpha value is -2.23. The molecular formula is C15H15F3N2O4S. The van der Waals surface area contributed by atoms with E-state index in [9.17, 15) is 27.6 Å². The fourth-order valence-corrected chi connectivity index (χ4v) is 2.95. The van der Waals surface area contributed by atoms with Crippen LogP contribution in [0, 0.1) is 0 Å². The van der Waals surface area contributed by atoms with Gasteiger partial charge in [-0.3, -0.25) is 14.4 Å². The lowest BCUT2D eigenvalue weighted by atomic mass is 10.1. The van der Waals surface area contributed by atoms with Gasteiger partial charge in [-0.2, -0.15) is 13.2 Å². The van der Waals surface area contributed by atoms with Gasteiger partial charge >= 0.3 is 12.1 Å². The third-order valence-corrected chi connectivity index (χ3v) is 4.19. The topological polar surface area (TPSA) is 75.7 Å². The highest BCUT2D eigenvalue weighted by molar-refractivity contribution is 8.13. The molecule has 2 amide bonds. The molecule has 0 aliphatic carbocycles. The number of ether oxygens (including phenoxy) is 1. The molecule has 0 radical (unpaired) electrons. The molecule has 0 unspecified atom stereocenters. The molecule has 0 bridgehead atoms. The van der Waals surface area contributed by atoms with E-state index in [0.29, 0.717) is 12.3 Å². The fourth-order valence-electron chi connectivity index (χ4n) is 2.10. The minimum atomic E-state index is -4.61. The van der Waals surface area contributed by atoms with Crippen LogP contribution in [-0.2, 0) is 20.5 Å². The molecule has 1 N–H and O–H groups in total. The zero-order valence-electron chi connectivity index (χ0n) is 13.0. The maximum atomic E-state index is 12.8. The number of carbonyl (C=O) groups excluding carboxylic acids is 3. The van der Waals surface area contributed by atoms with Crippen LogP contribution < -0.4 is 5.32 Å². The molecule has 136 valence electrons. The van der Waals surface area contributed by atoms with Crippen LogP contribution in [0.25, 0.3) is 0 Å². The zero-order valence-corrected chi connectivity index (χ0v) is 13.8. The first-order valence-electron chi connectivity index (χ1n) is 7.31. The quantitative estimate of drug-likeness (QED) is 0.773. The van der Waals surface area contributed by atoms with E-state index in [1.807, 2.05) is 0 Å². The van der Waals surface area contributed by atoms with Crippen LogP contribution in [0.1, 0.15) is 12.0 Å². The van der Waals surface area contributed by atoms with Crippen LogP contribution in [-0.4, -0.2) is 47.5 Å². The van der Waals surface area contributed by atoms with Gasteiger partial charge in [-0.1, -0.05) is 23.9 Å². The number of rotatable bonds is 6. The molecule has 0 atom stereocenters. The van der Waals surface area contributed by atoms with Crippen molar-refractivity contribution in [2.45, 2.75) is 12.6 Å². The summed E-state index contributed by atoms with van der Waals surface area (Å²) >= 11 is 1.16. The van der Waals surface area contributed by atoms with Crippen molar-refractivity contribution >= 4 is 34.6 Å². The molecule has 0 saturated carbocycles. The molecule has 0 spiro atoms. The average Bonchev–Trinajstić information content (AvgIpc) is 2.95. The molecule has 1 aliphatic rings. The number of benzene rings is 1. The van der Waals surface area contributed by atoms with Gasteiger partial charge in [-0.15, -0.1) is 0 Å². The summed E-state index contributed by atoms with van der Waals surface area (Å²) in [4.78, 5) is 36.1. The van der Waals surface area contributed by atoms with Crippen LogP contribution >= 0.6 is 11.8 Å². The summed E-state index contributed by atoms with van der Waals surface area (Å²) < 4.78 is 43.2. The predicted octanol–water partition coefficient (Wildman–Crippen LogP) is 2.75. The van der Waals surface area contributed by atoms with E-state index in [1.165, 1.54) is 17.0 Å². The van der Waals surface area contributed by atoms with Gasteiger partial charge in [0.1, 0.15) is 0 Å². The monoisotopic (exact) mass is 376 g/mol. The Balaban J connectivity index is 1.79. The summed E-state index contributed by atoms with van der Waals surface area (Å²) in [6.45, 7) is 0.0302. The van der Waals surface area contributed by atoms with Crippen molar-refractivity contribution in [1.82, 2.24) is 4.90 Å². The summed E-state index contributed by atoms with van der Waals surface area (Å²) in [5.74, 6) is -0.920. The smallest absolute Gasteiger partial charge is 0.418 e. The number of thioether (sulfide) groups is 1. The van der Waals surface area contributed by atoms with E-state index in [4.69, 9.17) is 4.74 Å². The highest BCUT2D eigenvalue weighted by atomic mass is 32.2. The van der Waals surface area contributed by atoms with Crippen LogP contribution in [0.3, 0.4) is 0 Å². The number of nitrogens with zero attached hydrogens (tertiary/aromatic N) is 1. The third-order valence-electron chi connectivity index (χ3n) is 3.30. The minimum absolute atomic E-state index is 0.0846. The van der Waals surface area contributed by atoms with Crippen molar-refractivity contribution < 1.29 is 32.3 Å². The standard InChI is InChI=1S/C15H15F3N2O4S/c16-15(17,18)10-3-1-2-4-11(10)19-12(21)9-24-13(22)5-6-20-7-8-25-14(20)23/h1-4H,5-9H2,(H,19,21). The number of esters is 1. The molecule has 1 aromatic rings. The lowest BCUT2D eigenvalue weighted by Crippen LogP contribution is -2.28. The van der Waals surface area contributed by atoms with E-state index in [1.54, 1.807) is 0 Å². The second-order valence-corrected chi connectivity index (χ2v) is 6.15. The van der Waals surface area contributed by atoms with Crippen molar-refractivity contribution in [2.24, 2.45) is 0 Å². The third kappa shape index (κ3) is 5.66. The molecule has 1 fully saturated rings. The molecule has 6 nitrogen and oxygen atoms in total. The van der Waals surface area contributed by atoms with E-state index >= 15 is 0 Å². The summed E-state index contributed by atoms with van der Waals surface area (Å²) in [7, 11) is 0. The van der Waals surface area contributed by atoms with Crippen LogP contribution in [0.5, 0.6) is 0 Å². The summed E-state index contributed by atoms with van der Waals surface area (Å²) in [6.07, 6.45) is -4.69. The van der Waals surface area contributed by atoms with E-state index in [-0.39, 0.29) is 18.2 Å². The van der Waals surface area contributed by atoms with Gasteiger partial charge in [0.05, 0.1) is 17.7 Å². The van der Waals surface area contributed by atoms with Gasteiger partial charge in [0.15, 0.2) is 6.61 Å². The number of hydrogen-bond donors (Lipinski definition) is 1. The van der Waals surface area contributed by atoms with Crippen LogP contribution in [0.4, 0.5) is 23.7 Å². The number of anilines is 1. The first-order chi connectivity index (χ1) is 11.8. The first-order valence-corrected chi connectivity index (χ1v) is 8.29. The Labute approximate surface area is 145 Å². The van der Waals surface area contributed by atoms with Crippen LogP contribution in [0.2, 0.25) is 0 Å². The van der Waals surface area contributed by atoms with Crippen molar-refractivity contribution in [1.29, 1.82) is 0 Å². The minimum Gasteiger partial charge on any atom is -0.456 e. The molecule has 1 aliphatic heterocycles. The van der Waals surface area contributed by atoms with E-state index in [0.717, 1.165) is 23.9 Å². The van der Waals surface area contributed by atoms with Gasteiger partial charge in [-0.05, 0) is 12.1 Å². The van der Waals surface area contributed by atoms with Crippen molar-refractivity contribution in [2.75, 3.05) is 30.8 Å². The number of halogens is 3. The van der Waals surface area contributed by atoms with Crippen molar-refractivity contribution in [3.63, 3.8) is 0 Å². The average molecular weight is 376 g/mol. The zero-order chi connectivity index (χ0) is 18.4. The first kappa shape index (κ1) is 19.1. The molecule has 2 rings (SSSR count). The van der Waals surface area contributed by atoms with Crippen molar-refractivity contribution in [3.05, 3.63) is 29.8 Å². The number of amides is 2.